The molecule has 12 heteroatoms. The summed E-state index contributed by atoms with van der Waals surface area (Å²) >= 11 is 0.992. The van der Waals surface area contributed by atoms with Gasteiger partial charge in [0.1, 0.15) is 4.21 Å². The zero-order chi connectivity index (χ0) is 18.9. The van der Waals surface area contributed by atoms with E-state index in [1.807, 2.05) is 0 Å². The summed E-state index contributed by atoms with van der Waals surface area (Å²) in [7, 11) is -3.75. The molecule has 3 heterocycles. The van der Waals surface area contributed by atoms with E-state index in [0.717, 1.165) is 11.3 Å². The Bertz CT molecular complexity index is 1110. The maximum Gasteiger partial charge on any atom is 0.264 e. The van der Waals surface area contributed by atoms with E-state index in [2.05, 4.69) is 20.6 Å². The van der Waals surface area contributed by atoms with Crippen LogP contribution in [0.1, 0.15) is 20.9 Å². The molecule has 0 spiro atoms. The first-order valence-corrected chi connectivity index (χ1v) is 9.62. The van der Waals surface area contributed by atoms with E-state index >= 15 is 0 Å². The molecule has 0 atom stereocenters. The Balaban J connectivity index is 1.74. The number of carbonyl (C=O) groups is 1. The number of nitrogens with one attached hydrogen (secondary N) is 2. The van der Waals surface area contributed by atoms with E-state index < -0.39 is 10.0 Å². The molecule has 0 fully saturated rings. The second-order valence-electron chi connectivity index (χ2n) is 5.28. The quantitative estimate of drug-likeness (QED) is 0.549. The van der Waals surface area contributed by atoms with Gasteiger partial charge in [0.05, 0.1) is 24.0 Å². The molecular formula is C14H14N6O4S2. The van der Waals surface area contributed by atoms with Gasteiger partial charge in [-0.05, 0) is 25.1 Å². The van der Waals surface area contributed by atoms with Gasteiger partial charge in [-0.15, -0.1) is 11.3 Å². The van der Waals surface area contributed by atoms with Gasteiger partial charge in [0.15, 0.2) is 5.82 Å². The van der Waals surface area contributed by atoms with Crippen molar-refractivity contribution >= 4 is 27.3 Å². The van der Waals surface area contributed by atoms with E-state index in [1.54, 1.807) is 13.0 Å². The van der Waals surface area contributed by atoms with Crippen LogP contribution in [-0.2, 0) is 16.6 Å². The summed E-state index contributed by atoms with van der Waals surface area (Å²) in [5.41, 5.74) is 0.533. The Morgan fingerprint density at radius 1 is 1.35 bits per heavy atom. The molecule has 0 unspecified atom stereocenters. The standard InChI is InChI=1S/C14H14N6O4S2/c1-8-10(7-17-20(8)11-3-4-12(21)19-18-11)14(22)16-6-9-2-5-13(25-9)26(15,23)24/h2-5,7H,6H2,1H3,(H,16,22)(H,19,21)(H2,15,23,24). The molecule has 0 aliphatic carbocycles. The SMILES string of the molecule is Cc1c(C(=O)NCc2ccc(S(N)(=O)=O)s2)cnn1-c1ccc(=O)[nH]n1. The lowest BCUT2D eigenvalue weighted by atomic mass is 10.2. The molecule has 3 aromatic rings. The van der Waals surface area contributed by atoms with E-state index in [0.29, 0.717) is 22.0 Å². The third-order valence-electron chi connectivity index (χ3n) is 3.48. The average molecular weight is 394 g/mol. The Hall–Kier alpha value is -2.83. The summed E-state index contributed by atoms with van der Waals surface area (Å²) < 4.78 is 24.0. The predicted octanol–water partition coefficient (Wildman–Crippen LogP) is -0.0971. The van der Waals surface area contributed by atoms with Crippen LogP contribution >= 0.6 is 11.3 Å². The van der Waals surface area contributed by atoms with Crippen LogP contribution in [0.5, 0.6) is 0 Å². The minimum Gasteiger partial charge on any atom is -0.347 e. The van der Waals surface area contributed by atoms with E-state index in [1.165, 1.54) is 29.1 Å². The van der Waals surface area contributed by atoms with Gasteiger partial charge in [0.25, 0.3) is 11.5 Å². The number of aromatic nitrogens is 4. The minimum absolute atomic E-state index is 0.0369. The number of rotatable bonds is 5. The number of hydrogen-bond acceptors (Lipinski definition) is 7. The Kier molecular flexibility index (Phi) is 4.71. The van der Waals surface area contributed by atoms with Crippen LogP contribution in [0.4, 0.5) is 0 Å². The van der Waals surface area contributed by atoms with Gasteiger partial charge < -0.3 is 5.32 Å². The number of thiophene rings is 1. The van der Waals surface area contributed by atoms with Gasteiger partial charge in [0, 0.05) is 10.9 Å². The van der Waals surface area contributed by atoms with E-state index in [9.17, 15) is 18.0 Å². The molecule has 3 rings (SSSR count). The van der Waals surface area contributed by atoms with Gasteiger partial charge in [-0.3, -0.25) is 9.59 Å². The first kappa shape index (κ1) is 18.0. The molecule has 0 bridgehead atoms. The normalized spacial score (nSPS) is 11.5. The van der Waals surface area contributed by atoms with E-state index in [4.69, 9.17) is 5.14 Å². The summed E-state index contributed by atoms with van der Waals surface area (Å²) in [6, 6.07) is 5.78. The summed E-state index contributed by atoms with van der Waals surface area (Å²) in [6.45, 7) is 1.85. The first-order chi connectivity index (χ1) is 12.3. The highest BCUT2D eigenvalue weighted by Gasteiger charge is 2.17. The number of aromatic amines is 1. The summed E-state index contributed by atoms with van der Waals surface area (Å²) in [5.74, 6) is 0.000862. The van der Waals surface area contributed by atoms with Crippen molar-refractivity contribution < 1.29 is 13.2 Å². The molecule has 0 aromatic carbocycles. The molecule has 10 nitrogen and oxygen atoms in total. The highest BCUT2D eigenvalue weighted by molar-refractivity contribution is 7.91. The molecular weight excluding hydrogens is 380 g/mol. The molecule has 3 aromatic heterocycles. The first-order valence-electron chi connectivity index (χ1n) is 7.26. The van der Waals surface area contributed by atoms with Crippen LogP contribution in [0.25, 0.3) is 5.82 Å². The average Bonchev–Trinajstić information content (AvgIpc) is 3.20. The number of primary sulfonamides is 1. The van der Waals surface area contributed by atoms with E-state index in [-0.39, 0.29) is 22.2 Å². The zero-order valence-electron chi connectivity index (χ0n) is 13.5. The largest absolute Gasteiger partial charge is 0.347 e. The lowest BCUT2D eigenvalue weighted by molar-refractivity contribution is 0.0950. The predicted molar refractivity (Wildman–Crippen MR) is 93.6 cm³/mol. The Morgan fingerprint density at radius 2 is 2.12 bits per heavy atom. The van der Waals surface area contributed by atoms with Crippen LogP contribution < -0.4 is 16.0 Å². The second kappa shape index (κ2) is 6.82. The van der Waals surface area contributed by atoms with Crippen molar-refractivity contribution in [1.29, 1.82) is 0 Å². The van der Waals surface area contributed by atoms with Gasteiger partial charge in [-0.1, -0.05) is 0 Å². The number of nitrogens with two attached hydrogens (primary N) is 1. The molecule has 0 saturated carbocycles. The van der Waals surface area contributed by atoms with Crippen LogP contribution in [0.2, 0.25) is 0 Å². The zero-order valence-corrected chi connectivity index (χ0v) is 15.1. The van der Waals surface area contributed by atoms with Crippen molar-refractivity contribution in [1.82, 2.24) is 25.3 Å². The van der Waals surface area contributed by atoms with Crippen molar-refractivity contribution in [2.75, 3.05) is 0 Å². The third-order valence-corrected chi connectivity index (χ3v) is 6.00. The number of nitrogens with zero attached hydrogens (tertiary/aromatic N) is 3. The molecule has 26 heavy (non-hydrogen) atoms. The smallest absolute Gasteiger partial charge is 0.264 e. The number of amides is 1. The highest BCUT2D eigenvalue weighted by Crippen LogP contribution is 2.20. The van der Waals surface area contributed by atoms with Crippen LogP contribution in [-0.4, -0.2) is 34.3 Å². The number of H-pyrrole nitrogens is 1. The van der Waals surface area contributed by atoms with Crippen molar-refractivity contribution in [2.45, 2.75) is 17.7 Å². The Labute approximate surface area is 151 Å². The topological polar surface area (TPSA) is 153 Å². The molecule has 0 aliphatic rings. The van der Waals surface area contributed by atoms with Crippen LogP contribution in [0.15, 0.2) is 39.5 Å². The molecule has 136 valence electrons. The monoisotopic (exact) mass is 394 g/mol. The summed E-state index contributed by atoms with van der Waals surface area (Å²) in [6.07, 6.45) is 1.39. The van der Waals surface area contributed by atoms with Gasteiger partial charge in [-0.2, -0.15) is 10.2 Å². The van der Waals surface area contributed by atoms with Crippen molar-refractivity contribution in [3.8, 4) is 5.82 Å². The third kappa shape index (κ3) is 3.71. The summed E-state index contributed by atoms with van der Waals surface area (Å²) in [5, 5.41) is 18.0. The maximum atomic E-state index is 12.4. The van der Waals surface area contributed by atoms with Crippen molar-refractivity contribution in [3.05, 3.63) is 57.0 Å². The Morgan fingerprint density at radius 3 is 2.73 bits per heavy atom. The van der Waals surface area contributed by atoms with Crippen molar-refractivity contribution in [2.24, 2.45) is 5.14 Å². The fourth-order valence-electron chi connectivity index (χ4n) is 2.19. The molecule has 0 radical (unpaired) electrons. The van der Waals surface area contributed by atoms with Crippen LogP contribution in [0.3, 0.4) is 0 Å². The number of sulfonamides is 1. The maximum absolute atomic E-state index is 12.4. The molecule has 0 aliphatic heterocycles. The molecule has 0 saturated heterocycles. The lowest BCUT2D eigenvalue weighted by Gasteiger charge is -2.05. The number of hydrogen-bond donors (Lipinski definition) is 3. The van der Waals surface area contributed by atoms with Gasteiger partial charge in [-0.25, -0.2) is 23.3 Å². The highest BCUT2D eigenvalue weighted by atomic mass is 32.2. The van der Waals surface area contributed by atoms with Crippen LogP contribution in [0, 0.1) is 6.92 Å². The lowest BCUT2D eigenvalue weighted by Crippen LogP contribution is -2.23. The minimum atomic E-state index is -3.75. The summed E-state index contributed by atoms with van der Waals surface area (Å²) in [4.78, 5) is 24.1. The van der Waals surface area contributed by atoms with Crippen molar-refractivity contribution in [3.63, 3.8) is 0 Å². The second-order valence-corrected chi connectivity index (χ2v) is 8.24. The fraction of sp³-hybridized carbons (Fsp3) is 0.143. The van der Waals surface area contributed by atoms with Gasteiger partial charge >= 0.3 is 0 Å². The molecule has 4 N–H and O–H groups in total. The van der Waals surface area contributed by atoms with Gasteiger partial charge in [0.2, 0.25) is 10.0 Å². The molecule has 1 amide bonds. The number of carbonyl (C=O) groups excluding carboxylic acids is 1. The fourth-order valence-corrected chi connectivity index (χ4v) is 3.91.